The van der Waals surface area contributed by atoms with Crippen LogP contribution in [-0.2, 0) is 0 Å². The van der Waals surface area contributed by atoms with Gasteiger partial charge in [-0.3, -0.25) is 5.10 Å². The van der Waals surface area contributed by atoms with Crippen LogP contribution in [0.1, 0.15) is 0 Å². The summed E-state index contributed by atoms with van der Waals surface area (Å²) in [4.78, 5) is 18.5. The highest BCUT2D eigenvalue weighted by molar-refractivity contribution is 7.98. The third kappa shape index (κ3) is 3.88. The quantitative estimate of drug-likeness (QED) is 0.376. The Kier molecular flexibility index (Phi) is 5.10. The monoisotopic (exact) mass is 418 g/mol. The average Bonchev–Trinajstić information content (AvgIpc) is 3.27. The molecule has 0 aliphatic carbocycles. The lowest BCUT2D eigenvalue weighted by atomic mass is 10.2. The van der Waals surface area contributed by atoms with Crippen molar-refractivity contribution in [1.29, 1.82) is 0 Å². The molecule has 0 atom stereocenters. The van der Waals surface area contributed by atoms with Gasteiger partial charge in [0.05, 0.1) is 11.7 Å². The molecule has 1 aliphatic rings. The van der Waals surface area contributed by atoms with Crippen molar-refractivity contribution in [3.63, 3.8) is 0 Å². The summed E-state index contributed by atoms with van der Waals surface area (Å²) in [6.07, 6.45) is 5.66. The van der Waals surface area contributed by atoms with Gasteiger partial charge in [0.25, 0.3) is 0 Å². The van der Waals surface area contributed by atoms with E-state index in [0.29, 0.717) is 0 Å². The number of piperazine rings is 1. The fourth-order valence-corrected chi connectivity index (χ4v) is 3.98. The normalized spacial score (nSPS) is 14.3. The zero-order valence-electron chi connectivity index (χ0n) is 16.6. The van der Waals surface area contributed by atoms with Crippen LogP contribution in [-0.4, -0.2) is 57.6 Å². The first kappa shape index (κ1) is 18.7. The Hall–Kier alpha value is -3.33. The molecule has 1 fully saturated rings. The zero-order valence-corrected chi connectivity index (χ0v) is 17.4. The van der Waals surface area contributed by atoms with Crippen LogP contribution in [0.15, 0.2) is 60.0 Å². The minimum Gasteiger partial charge on any atom is -0.353 e. The van der Waals surface area contributed by atoms with Crippen molar-refractivity contribution < 1.29 is 0 Å². The number of rotatable bonds is 5. The summed E-state index contributed by atoms with van der Waals surface area (Å²) in [5.74, 6) is 2.77. The van der Waals surface area contributed by atoms with E-state index in [1.165, 1.54) is 0 Å². The molecule has 4 heterocycles. The number of hydrogen-bond acceptors (Lipinski definition) is 8. The van der Waals surface area contributed by atoms with Gasteiger partial charge in [0.1, 0.15) is 17.5 Å². The van der Waals surface area contributed by atoms with Gasteiger partial charge in [-0.25, -0.2) is 15.0 Å². The van der Waals surface area contributed by atoms with E-state index in [4.69, 9.17) is 4.98 Å². The predicted molar refractivity (Wildman–Crippen MR) is 122 cm³/mol. The molecule has 0 unspecified atom stereocenters. The number of nitrogens with zero attached hydrogens (tertiary/aromatic N) is 6. The maximum atomic E-state index is 4.75. The molecule has 0 bridgehead atoms. The van der Waals surface area contributed by atoms with E-state index in [1.807, 2.05) is 49.0 Å². The number of pyridine rings is 1. The summed E-state index contributed by atoms with van der Waals surface area (Å²) in [5, 5.41) is 12.3. The molecule has 2 N–H and O–H groups in total. The molecule has 0 amide bonds. The van der Waals surface area contributed by atoms with Crippen LogP contribution in [0.5, 0.6) is 0 Å². The number of anilines is 4. The van der Waals surface area contributed by atoms with E-state index in [1.54, 1.807) is 11.8 Å². The van der Waals surface area contributed by atoms with Crippen LogP contribution in [0.25, 0.3) is 10.9 Å². The Morgan fingerprint density at radius 1 is 0.967 bits per heavy atom. The number of thioether (sulfide) groups is 1. The smallest absolute Gasteiger partial charge is 0.191 e. The Bertz CT molecular complexity index is 1140. The Balaban J connectivity index is 1.34. The molecule has 4 aromatic rings. The molecule has 3 aromatic heterocycles. The van der Waals surface area contributed by atoms with Crippen molar-refractivity contribution in [3.8, 4) is 0 Å². The summed E-state index contributed by atoms with van der Waals surface area (Å²) in [5.41, 5.74) is 1.99. The first-order chi connectivity index (χ1) is 14.8. The summed E-state index contributed by atoms with van der Waals surface area (Å²) in [7, 11) is 0. The Morgan fingerprint density at radius 3 is 2.57 bits per heavy atom. The third-order valence-corrected chi connectivity index (χ3v) is 5.71. The number of hydrogen-bond donors (Lipinski definition) is 2. The summed E-state index contributed by atoms with van der Waals surface area (Å²) >= 11 is 1.55. The zero-order chi connectivity index (χ0) is 20.3. The summed E-state index contributed by atoms with van der Waals surface area (Å²) in [6, 6.07) is 14.2. The van der Waals surface area contributed by atoms with Crippen LogP contribution >= 0.6 is 11.8 Å². The summed E-state index contributed by atoms with van der Waals surface area (Å²) < 4.78 is 0. The highest BCUT2D eigenvalue weighted by Gasteiger charge is 2.20. The van der Waals surface area contributed by atoms with Gasteiger partial charge in [0.15, 0.2) is 5.16 Å². The number of fused-ring (bicyclic) bond motifs is 1. The largest absolute Gasteiger partial charge is 0.353 e. The van der Waals surface area contributed by atoms with Crippen molar-refractivity contribution in [2.75, 3.05) is 47.6 Å². The second-order valence-electron chi connectivity index (χ2n) is 7.06. The SMILES string of the molecule is CSc1nc(Nc2ccc3[nH]ncc3c2)cc(N2CCN(c3ccccn3)CC2)n1. The molecule has 0 saturated carbocycles. The van der Waals surface area contributed by atoms with E-state index in [2.05, 4.69) is 47.4 Å². The number of nitrogens with one attached hydrogen (secondary N) is 2. The molecule has 8 nitrogen and oxygen atoms in total. The Labute approximate surface area is 178 Å². The summed E-state index contributed by atoms with van der Waals surface area (Å²) in [6.45, 7) is 3.61. The van der Waals surface area contributed by atoms with Gasteiger partial charge in [-0.1, -0.05) is 17.8 Å². The first-order valence-corrected chi connectivity index (χ1v) is 11.1. The van der Waals surface area contributed by atoms with Crippen molar-refractivity contribution in [2.24, 2.45) is 0 Å². The predicted octanol–water partition coefficient (Wildman–Crippen LogP) is 3.54. The van der Waals surface area contributed by atoms with E-state index < -0.39 is 0 Å². The molecule has 0 spiro atoms. The van der Waals surface area contributed by atoms with Crippen LogP contribution in [0.4, 0.5) is 23.1 Å². The highest BCUT2D eigenvalue weighted by atomic mass is 32.2. The van der Waals surface area contributed by atoms with E-state index in [-0.39, 0.29) is 0 Å². The molecule has 0 radical (unpaired) electrons. The van der Waals surface area contributed by atoms with Gasteiger partial charge in [-0.15, -0.1) is 0 Å². The van der Waals surface area contributed by atoms with Crippen molar-refractivity contribution >= 4 is 45.8 Å². The van der Waals surface area contributed by atoms with E-state index in [0.717, 1.165) is 65.4 Å². The molecule has 9 heteroatoms. The topological polar surface area (TPSA) is 85.9 Å². The molecule has 1 aliphatic heterocycles. The van der Waals surface area contributed by atoms with Gasteiger partial charge in [0, 0.05) is 49.5 Å². The van der Waals surface area contributed by atoms with Gasteiger partial charge in [0.2, 0.25) is 0 Å². The second kappa shape index (κ2) is 8.19. The van der Waals surface area contributed by atoms with Crippen LogP contribution < -0.4 is 15.1 Å². The lowest BCUT2D eigenvalue weighted by Crippen LogP contribution is -2.47. The molecule has 1 saturated heterocycles. The van der Waals surface area contributed by atoms with Crippen molar-refractivity contribution in [2.45, 2.75) is 5.16 Å². The molecule has 152 valence electrons. The minimum atomic E-state index is 0.756. The van der Waals surface area contributed by atoms with E-state index >= 15 is 0 Å². The lowest BCUT2D eigenvalue weighted by Gasteiger charge is -2.36. The van der Waals surface area contributed by atoms with Gasteiger partial charge < -0.3 is 15.1 Å². The lowest BCUT2D eigenvalue weighted by molar-refractivity contribution is 0.638. The van der Waals surface area contributed by atoms with Crippen LogP contribution in [0, 0.1) is 0 Å². The number of aromatic nitrogens is 5. The Morgan fingerprint density at radius 2 is 1.80 bits per heavy atom. The third-order valence-electron chi connectivity index (χ3n) is 5.16. The first-order valence-electron chi connectivity index (χ1n) is 9.83. The molecule has 1 aromatic carbocycles. The number of benzene rings is 1. The average molecular weight is 419 g/mol. The second-order valence-corrected chi connectivity index (χ2v) is 7.83. The van der Waals surface area contributed by atoms with Crippen LogP contribution in [0.2, 0.25) is 0 Å². The maximum Gasteiger partial charge on any atom is 0.191 e. The highest BCUT2D eigenvalue weighted by Crippen LogP contribution is 2.26. The standard InChI is InChI=1S/C21H22N8S/c1-30-21-25-18(24-16-5-6-17-15(12-16)14-23-27-17)13-20(26-21)29-10-8-28(9-11-29)19-4-2-3-7-22-19/h2-7,12-14H,8-11H2,1H3,(H,23,27)(H,24,25,26). The molecular weight excluding hydrogens is 396 g/mol. The number of aromatic amines is 1. The number of H-pyrrole nitrogens is 1. The molecule has 5 rings (SSSR count). The molecular formula is C21H22N8S. The van der Waals surface area contributed by atoms with Crippen LogP contribution in [0.3, 0.4) is 0 Å². The van der Waals surface area contributed by atoms with Crippen molar-refractivity contribution in [1.82, 2.24) is 25.1 Å². The van der Waals surface area contributed by atoms with E-state index in [9.17, 15) is 0 Å². The van der Waals surface area contributed by atoms with Crippen molar-refractivity contribution in [3.05, 3.63) is 54.9 Å². The van der Waals surface area contributed by atoms with Gasteiger partial charge in [-0.05, 0) is 36.6 Å². The minimum absolute atomic E-state index is 0.756. The van der Waals surface area contributed by atoms with Gasteiger partial charge >= 0.3 is 0 Å². The fraction of sp³-hybridized carbons (Fsp3) is 0.238. The fourth-order valence-electron chi connectivity index (χ4n) is 3.60. The maximum absolute atomic E-state index is 4.75. The van der Waals surface area contributed by atoms with Gasteiger partial charge in [-0.2, -0.15) is 5.10 Å². The molecule has 30 heavy (non-hydrogen) atoms.